The van der Waals surface area contributed by atoms with Crippen molar-refractivity contribution >= 4 is 5.97 Å². The first-order chi connectivity index (χ1) is 18.0. The van der Waals surface area contributed by atoms with E-state index in [0.717, 1.165) is 39.4 Å². The Morgan fingerprint density at radius 1 is 0.865 bits per heavy atom. The number of benzene rings is 3. The topological polar surface area (TPSA) is 73.6 Å². The van der Waals surface area contributed by atoms with E-state index in [1.807, 2.05) is 66.7 Å². The molecular weight excluding hydrogens is 464 g/mol. The molecule has 0 saturated carbocycles. The number of aromatic carboxylic acids is 1. The second-order valence-electron chi connectivity index (χ2n) is 8.58. The number of carboxylic acid groups (broad SMARTS) is 1. The molecule has 5 aromatic rings. The maximum Gasteiger partial charge on any atom is 0.337 e. The quantitative estimate of drug-likeness (QED) is 0.259. The number of aromatic nitrogens is 2. The summed E-state index contributed by atoms with van der Waals surface area (Å²) in [4.78, 5) is 16.2. The third-order valence-corrected chi connectivity index (χ3v) is 6.29. The Morgan fingerprint density at radius 2 is 1.57 bits per heavy atom. The highest BCUT2D eigenvalue weighted by molar-refractivity contribution is 5.89. The van der Waals surface area contributed by atoms with Gasteiger partial charge in [0, 0.05) is 17.5 Å². The van der Waals surface area contributed by atoms with E-state index < -0.39 is 5.97 Å². The number of methoxy groups -OCH3 is 1. The van der Waals surface area contributed by atoms with E-state index in [0.29, 0.717) is 18.1 Å². The van der Waals surface area contributed by atoms with Gasteiger partial charge >= 0.3 is 5.97 Å². The highest BCUT2D eigenvalue weighted by atomic mass is 16.5. The Morgan fingerprint density at radius 3 is 2.24 bits per heavy atom. The van der Waals surface area contributed by atoms with Crippen LogP contribution in [-0.2, 0) is 6.61 Å². The molecule has 1 N–H and O–H groups in total. The predicted molar refractivity (Wildman–Crippen MR) is 143 cm³/mol. The summed E-state index contributed by atoms with van der Waals surface area (Å²) in [6.45, 7) is 2.19. The SMILES string of the molecule is COc1ccc(-c2ccc(COc3ccccc3-c3cccc(-n4ccc(C(=O)O)c4C)n3)cc2)cc1. The molecule has 0 saturated heterocycles. The number of para-hydroxylation sites is 1. The van der Waals surface area contributed by atoms with Crippen LogP contribution in [0.1, 0.15) is 21.6 Å². The zero-order valence-electron chi connectivity index (χ0n) is 20.6. The van der Waals surface area contributed by atoms with Gasteiger partial charge in [-0.05, 0) is 66.1 Å². The van der Waals surface area contributed by atoms with Crippen LogP contribution in [0.25, 0.3) is 28.2 Å². The Hall–Kier alpha value is -4.84. The van der Waals surface area contributed by atoms with Crippen molar-refractivity contribution in [2.45, 2.75) is 13.5 Å². The van der Waals surface area contributed by atoms with E-state index in [-0.39, 0.29) is 5.56 Å². The molecule has 0 aliphatic carbocycles. The molecule has 2 heterocycles. The molecule has 3 aromatic carbocycles. The largest absolute Gasteiger partial charge is 0.497 e. The van der Waals surface area contributed by atoms with Crippen LogP contribution < -0.4 is 9.47 Å². The average molecular weight is 491 g/mol. The van der Waals surface area contributed by atoms with Gasteiger partial charge in [0.2, 0.25) is 0 Å². The molecule has 0 radical (unpaired) electrons. The number of hydrogen-bond acceptors (Lipinski definition) is 4. The first-order valence-electron chi connectivity index (χ1n) is 11.9. The molecule has 0 aliphatic rings. The minimum absolute atomic E-state index is 0.258. The van der Waals surface area contributed by atoms with Gasteiger partial charge in [0.15, 0.2) is 0 Å². The van der Waals surface area contributed by atoms with Gasteiger partial charge in [-0.2, -0.15) is 0 Å². The molecule has 6 nitrogen and oxygen atoms in total. The average Bonchev–Trinajstić information content (AvgIpc) is 3.34. The molecule has 0 unspecified atom stereocenters. The van der Waals surface area contributed by atoms with Crippen molar-refractivity contribution in [3.05, 3.63) is 120 Å². The summed E-state index contributed by atoms with van der Waals surface area (Å²) < 4.78 is 13.2. The summed E-state index contributed by atoms with van der Waals surface area (Å²) in [6, 6.07) is 31.4. The number of rotatable bonds is 8. The lowest BCUT2D eigenvalue weighted by atomic mass is 10.0. The number of pyridine rings is 1. The number of hydrogen-bond donors (Lipinski definition) is 1. The fourth-order valence-electron chi connectivity index (χ4n) is 4.24. The van der Waals surface area contributed by atoms with Gasteiger partial charge in [-0.25, -0.2) is 9.78 Å². The van der Waals surface area contributed by atoms with Gasteiger partial charge in [-0.3, -0.25) is 0 Å². The molecule has 0 amide bonds. The third-order valence-electron chi connectivity index (χ3n) is 6.29. The van der Waals surface area contributed by atoms with Crippen LogP contribution in [0.4, 0.5) is 0 Å². The van der Waals surface area contributed by atoms with Crippen molar-refractivity contribution in [2.75, 3.05) is 7.11 Å². The van der Waals surface area contributed by atoms with Gasteiger partial charge in [0.1, 0.15) is 23.9 Å². The molecule has 37 heavy (non-hydrogen) atoms. The Labute approximate surface area is 215 Å². The van der Waals surface area contributed by atoms with Crippen LogP contribution in [0.5, 0.6) is 11.5 Å². The lowest BCUT2D eigenvalue weighted by Gasteiger charge is -2.13. The van der Waals surface area contributed by atoms with Crippen LogP contribution >= 0.6 is 0 Å². The minimum atomic E-state index is -0.955. The predicted octanol–water partition coefficient (Wildman–Crippen LogP) is 6.80. The van der Waals surface area contributed by atoms with Gasteiger partial charge < -0.3 is 19.1 Å². The fraction of sp³-hybridized carbons (Fsp3) is 0.0968. The summed E-state index contributed by atoms with van der Waals surface area (Å²) >= 11 is 0. The standard InChI is InChI=1S/C31H26N2O4/c1-21-26(31(34)35)18-19-33(21)30-9-5-7-28(32-30)27-6-3-4-8-29(27)37-20-22-10-12-23(13-11-22)24-14-16-25(36-2)17-15-24/h3-19H,20H2,1-2H3,(H,34,35). The van der Waals surface area contributed by atoms with Crippen molar-refractivity contribution < 1.29 is 19.4 Å². The van der Waals surface area contributed by atoms with Crippen molar-refractivity contribution in [1.29, 1.82) is 0 Å². The van der Waals surface area contributed by atoms with E-state index in [2.05, 4.69) is 24.3 Å². The summed E-state index contributed by atoms with van der Waals surface area (Å²) in [5.74, 6) is 1.25. The summed E-state index contributed by atoms with van der Waals surface area (Å²) in [5.41, 5.74) is 5.79. The molecule has 0 fully saturated rings. The maximum atomic E-state index is 11.4. The van der Waals surface area contributed by atoms with Crippen LogP contribution in [-0.4, -0.2) is 27.7 Å². The fourth-order valence-corrected chi connectivity index (χ4v) is 4.24. The molecule has 0 aliphatic heterocycles. The summed E-state index contributed by atoms with van der Waals surface area (Å²) in [5, 5.41) is 9.39. The minimum Gasteiger partial charge on any atom is -0.497 e. The normalized spacial score (nSPS) is 10.8. The molecule has 0 bridgehead atoms. The number of ether oxygens (including phenoxy) is 2. The van der Waals surface area contributed by atoms with Crippen molar-refractivity contribution in [3.8, 4) is 39.7 Å². The number of nitrogens with zero attached hydrogens (tertiary/aromatic N) is 2. The number of carbonyl (C=O) groups is 1. The molecule has 5 rings (SSSR count). The summed E-state index contributed by atoms with van der Waals surface area (Å²) in [7, 11) is 1.66. The van der Waals surface area contributed by atoms with E-state index in [9.17, 15) is 9.90 Å². The van der Waals surface area contributed by atoms with Crippen LogP contribution in [0.15, 0.2) is 103 Å². The smallest absolute Gasteiger partial charge is 0.337 e. The Kier molecular flexibility index (Phi) is 6.72. The summed E-state index contributed by atoms with van der Waals surface area (Å²) in [6.07, 6.45) is 1.73. The maximum absolute atomic E-state index is 11.4. The van der Waals surface area contributed by atoms with Crippen LogP contribution in [0, 0.1) is 6.92 Å². The Bertz CT molecular complexity index is 1540. The highest BCUT2D eigenvalue weighted by Crippen LogP contribution is 2.30. The van der Waals surface area contributed by atoms with Gasteiger partial charge in [0.25, 0.3) is 0 Å². The van der Waals surface area contributed by atoms with Gasteiger partial charge in [-0.15, -0.1) is 0 Å². The molecule has 0 atom stereocenters. The first kappa shape index (κ1) is 23.9. The second kappa shape index (κ2) is 10.4. The molecule has 0 spiro atoms. The molecule has 2 aromatic heterocycles. The second-order valence-corrected chi connectivity index (χ2v) is 8.58. The van der Waals surface area contributed by atoms with E-state index in [1.165, 1.54) is 0 Å². The monoisotopic (exact) mass is 490 g/mol. The molecule has 6 heteroatoms. The van der Waals surface area contributed by atoms with E-state index >= 15 is 0 Å². The van der Waals surface area contributed by atoms with Crippen molar-refractivity contribution in [2.24, 2.45) is 0 Å². The Balaban J connectivity index is 1.35. The lowest BCUT2D eigenvalue weighted by molar-refractivity contribution is 0.0696. The van der Waals surface area contributed by atoms with Gasteiger partial charge in [-0.1, -0.05) is 54.6 Å². The van der Waals surface area contributed by atoms with Gasteiger partial charge in [0.05, 0.1) is 18.4 Å². The molecular formula is C31H26N2O4. The van der Waals surface area contributed by atoms with Crippen LogP contribution in [0.3, 0.4) is 0 Å². The molecule has 184 valence electrons. The highest BCUT2D eigenvalue weighted by Gasteiger charge is 2.14. The van der Waals surface area contributed by atoms with Crippen molar-refractivity contribution in [3.63, 3.8) is 0 Å². The zero-order valence-corrected chi connectivity index (χ0v) is 20.6. The van der Waals surface area contributed by atoms with Crippen LogP contribution in [0.2, 0.25) is 0 Å². The number of carboxylic acids is 1. The lowest BCUT2D eigenvalue weighted by Crippen LogP contribution is -2.03. The van der Waals surface area contributed by atoms with E-state index in [4.69, 9.17) is 14.5 Å². The van der Waals surface area contributed by atoms with Crippen molar-refractivity contribution in [1.82, 2.24) is 9.55 Å². The first-order valence-corrected chi connectivity index (χ1v) is 11.9. The third kappa shape index (κ3) is 5.09. The van der Waals surface area contributed by atoms with E-state index in [1.54, 1.807) is 30.9 Å². The zero-order chi connectivity index (χ0) is 25.8.